The van der Waals surface area contributed by atoms with Crippen LogP contribution in [0.15, 0.2) is 16.5 Å². The van der Waals surface area contributed by atoms with Gasteiger partial charge in [-0.2, -0.15) is 0 Å². The van der Waals surface area contributed by atoms with Crippen molar-refractivity contribution >= 4 is 6.09 Å². The first-order chi connectivity index (χ1) is 5.72. The Morgan fingerprint density at radius 2 is 2.17 bits per heavy atom. The molecule has 3 N–H and O–H groups in total. The van der Waals surface area contributed by atoms with E-state index in [4.69, 9.17) is 14.6 Å². The second kappa shape index (κ2) is 3.77. The third-order valence-electron chi connectivity index (χ3n) is 1.29. The van der Waals surface area contributed by atoms with Crippen molar-refractivity contribution in [3.05, 3.63) is 23.7 Å². The first kappa shape index (κ1) is 8.61. The van der Waals surface area contributed by atoms with Gasteiger partial charge in [0.05, 0.1) is 6.54 Å². The van der Waals surface area contributed by atoms with Crippen molar-refractivity contribution in [1.82, 2.24) is 5.32 Å². The average molecular weight is 171 g/mol. The van der Waals surface area contributed by atoms with Crippen molar-refractivity contribution in [2.24, 2.45) is 0 Å². The summed E-state index contributed by atoms with van der Waals surface area (Å²) in [6.07, 6.45) is -1.10. The van der Waals surface area contributed by atoms with Crippen molar-refractivity contribution in [2.75, 3.05) is 0 Å². The summed E-state index contributed by atoms with van der Waals surface area (Å²) in [4.78, 5) is 10.0. The molecule has 0 bridgehead atoms. The maximum atomic E-state index is 10.0. The quantitative estimate of drug-likeness (QED) is 0.619. The van der Waals surface area contributed by atoms with Crippen LogP contribution in [0.2, 0.25) is 0 Å². The Bertz CT molecular complexity index is 268. The zero-order valence-corrected chi connectivity index (χ0v) is 6.28. The van der Waals surface area contributed by atoms with Crippen molar-refractivity contribution in [1.29, 1.82) is 0 Å². The van der Waals surface area contributed by atoms with Gasteiger partial charge in [-0.05, 0) is 12.1 Å². The molecule has 1 heterocycles. The van der Waals surface area contributed by atoms with Gasteiger partial charge in [0.15, 0.2) is 0 Å². The number of furan rings is 1. The van der Waals surface area contributed by atoms with E-state index in [1.807, 2.05) is 0 Å². The zero-order valence-electron chi connectivity index (χ0n) is 6.28. The number of hydrogen-bond acceptors (Lipinski definition) is 3. The van der Waals surface area contributed by atoms with Gasteiger partial charge in [-0.1, -0.05) is 0 Å². The summed E-state index contributed by atoms with van der Waals surface area (Å²) in [5.74, 6) is 0.915. The SMILES string of the molecule is O=C(O)NCc1ccc(CO)o1. The molecule has 0 saturated carbocycles. The molecule has 0 saturated heterocycles. The Balaban J connectivity index is 2.47. The minimum Gasteiger partial charge on any atom is -0.465 e. The summed E-state index contributed by atoms with van der Waals surface area (Å²) in [6, 6.07) is 3.21. The number of carboxylic acid groups (broad SMARTS) is 1. The fourth-order valence-corrected chi connectivity index (χ4v) is 0.765. The fourth-order valence-electron chi connectivity index (χ4n) is 0.765. The summed E-state index contributed by atoms with van der Waals surface area (Å²) in [7, 11) is 0. The molecule has 0 fully saturated rings. The molecule has 1 aromatic heterocycles. The van der Waals surface area contributed by atoms with Crippen molar-refractivity contribution in [3.63, 3.8) is 0 Å². The van der Waals surface area contributed by atoms with Gasteiger partial charge in [0.25, 0.3) is 0 Å². The Labute approximate surface area is 68.6 Å². The van der Waals surface area contributed by atoms with Crippen LogP contribution in [0.1, 0.15) is 11.5 Å². The van der Waals surface area contributed by atoms with Crippen LogP contribution in [0.5, 0.6) is 0 Å². The van der Waals surface area contributed by atoms with Crippen LogP contribution < -0.4 is 5.32 Å². The minimum atomic E-state index is -1.10. The molecule has 0 aromatic carbocycles. The van der Waals surface area contributed by atoms with E-state index in [-0.39, 0.29) is 13.2 Å². The highest BCUT2D eigenvalue weighted by atomic mass is 16.4. The molecule has 1 rings (SSSR count). The normalized spacial score (nSPS) is 9.75. The van der Waals surface area contributed by atoms with E-state index in [1.54, 1.807) is 12.1 Å². The molecular formula is C7H9NO4. The standard InChI is InChI=1S/C7H9NO4/c9-4-6-2-1-5(12-6)3-8-7(10)11/h1-2,8-9H,3-4H2,(H,10,11). The summed E-state index contributed by atoms with van der Waals surface area (Å²) >= 11 is 0. The lowest BCUT2D eigenvalue weighted by molar-refractivity contribution is 0.192. The molecule has 0 unspecified atom stereocenters. The zero-order chi connectivity index (χ0) is 8.97. The number of rotatable bonds is 3. The summed E-state index contributed by atoms with van der Waals surface area (Å²) in [6.45, 7) is -0.0532. The molecule has 0 aliphatic rings. The van der Waals surface area contributed by atoms with Gasteiger partial charge < -0.3 is 19.9 Å². The van der Waals surface area contributed by atoms with Gasteiger partial charge in [0, 0.05) is 0 Å². The van der Waals surface area contributed by atoms with Crippen LogP contribution in [-0.2, 0) is 13.2 Å². The van der Waals surface area contributed by atoms with Crippen molar-refractivity contribution in [2.45, 2.75) is 13.2 Å². The highest BCUT2D eigenvalue weighted by Crippen LogP contribution is 2.06. The minimum absolute atomic E-state index is 0.120. The Morgan fingerprint density at radius 1 is 1.50 bits per heavy atom. The van der Waals surface area contributed by atoms with E-state index in [0.29, 0.717) is 11.5 Å². The number of carbonyl (C=O) groups is 1. The van der Waals surface area contributed by atoms with E-state index in [1.165, 1.54) is 0 Å². The highest BCUT2D eigenvalue weighted by Gasteiger charge is 2.01. The number of hydrogen-bond donors (Lipinski definition) is 3. The Morgan fingerprint density at radius 3 is 2.67 bits per heavy atom. The van der Waals surface area contributed by atoms with E-state index in [0.717, 1.165) is 0 Å². The summed E-state index contributed by atoms with van der Waals surface area (Å²) in [5.41, 5.74) is 0. The van der Waals surface area contributed by atoms with E-state index in [9.17, 15) is 4.79 Å². The summed E-state index contributed by atoms with van der Waals surface area (Å²) in [5, 5.41) is 19.0. The van der Waals surface area contributed by atoms with Crippen LogP contribution in [-0.4, -0.2) is 16.3 Å². The fraction of sp³-hybridized carbons (Fsp3) is 0.286. The lowest BCUT2D eigenvalue weighted by atomic mass is 10.4. The Kier molecular flexibility index (Phi) is 2.71. The van der Waals surface area contributed by atoms with E-state index >= 15 is 0 Å². The topological polar surface area (TPSA) is 82.7 Å². The molecule has 0 spiro atoms. The maximum Gasteiger partial charge on any atom is 0.405 e. The van der Waals surface area contributed by atoms with Crippen molar-refractivity contribution in [3.8, 4) is 0 Å². The van der Waals surface area contributed by atoms with Gasteiger partial charge in [-0.15, -0.1) is 0 Å². The predicted molar refractivity (Wildman–Crippen MR) is 39.5 cm³/mol. The first-order valence-electron chi connectivity index (χ1n) is 3.37. The lowest BCUT2D eigenvalue weighted by Gasteiger charge is -1.95. The van der Waals surface area contributed by atoms with Gasteiger partial charge >= 0.3 is 6.09 Å². The molecule has 1 amide bonds. The molecule has 1 aromatic rings. The van der Waals surface area contributed by atoms with Crippen LogP contribution >= 0.6 is 0 Å². The maximum absolute atomic E-state index is 10.0. The highest BCUT2D eigenvalue weighted by molar-refractivity contribution is 5.64. The van der Waals surface area contributed by atoms with Gasteiger partial charge in [-0.3, -0.25) is 0 Å². The second-order valence-corrected chi connectivity index (χ2v) is 2.18. The number of nitrogens with one attached hydrogen (secondary N) is 1. The molecule has 5 heteroatoms. The molecule has 0 atom stereocenters. The van der Waals surface area contributed by atoms with Crippen LogP contribution in [0.4, 0.5) is 4.79 Å². The van der Waals surface area contributed by atoms with E-state index in [2.05, 4.69) is 5.32 Å². The number of aliphatic hydroxyl groups excluding tert-OH is 1. The largest absolute Gasteiger partial charge is 0.465 e. The smallest absolute Gasteiger partial charge is 0.405 e. The number of amides is 1. The van der Waals surface area contributed by atoms with Crippen LogP contribution in [0, 0.1) is 0 Å². The molecule has 5 nitrogen and oxygen atoms in total. The molecule has 66 valence electrons. The summed E-state index contributed by atoms with van der Waals surface area (Å²) < 4.78 is 5.01. The molecule has 12 heavy (non-hydrogen) atoms. The van der Waals surface area contributed by atoms with Gasteiger partial charge in [0.2, 0.25) is 0 Å². The molecule has 0 radical (unpaired) electrons. The second-order valence-electron chi connectivity index (χ2n) is 2.18. The van der Waals surface area contributed by atoms with Crippen molar-refractivity contribution < 1.29 is 19.4 Å². The molecular weight excluding hydrogens is 162 g/mol. The monoisotopic (exact) mass is 171 g/mol. The van der Waals surface area contributed by atoms with Crippen LogP contribution in [0.25, 0.3) is 0 Å². The third kappa shape index (κ3) is 2.28. The molecule has 0 aliphatic carbocycles. The van der Waals surface area contributed by atoms with Crippen LogP contribution in [0.3, 0.4) is 0 Å². The first-order valence-corrected chi connectivity index (χ1v) is 3.37. The molecule has 0 aliphatic heterocycles. The lowest BCUT2D eigenvalue weighted by Crippen LogP contribution is -2.19. The Hall–Kier alpha value is -1.49. The predicted octanol–water partition coefficient (Wildman–Crippen LogP) is 0.540. The number of aliphatic hydroxyl groups is 1. The average Bonchev–Trinajstić information content (AvgIpc) is 2.48. The van der Waals surface area contributed by atoms with Gasteiger partial charge in [-0.25, -0.2) is 4.79 Å². The third-order valence-corrected chi connectivity index (χ3v) is 1.29. The van der Waals surface area contributed by atoms with E-state index < -0.39 is 6.09 Å². The van der Waals surface area contributed by atoms with Gasteiger partial charge in [0.1, 0.15) is 18.1 Å².